The minimum atomic E-state index is -0.667. The molecular formula is C22H23NO3. The summed E-state index contributed by atoms with van der Waals surface area (Å²) in [6, 6.07) is 18.9. The van der Waals surface area contributed by atoms with Crippen LogP contribution < -0.4 is 0 Å². The number of carbonyl (C=O) groups is 2. The molecule has 0 aliphatic heterocycles. The number of aliphatic imine (C=N–C) groups is 1. The predicted molar refractivity (Wildman–Crippen MR) is 101 cm³/mol. The van der Waals surface area contributed by atoms with E-state index in [1.54, 1.807) is 0 Å². The third-order valence-corrected chi connectivity index (χ3v) is 4.77. The van der Waals surface area contributed by atoms with Crippen LogP contribution in [-0.2, 0) is 14.3 Å². The Kier molecular flexibility index (Phi) is 5.95. The number of hydrogen-bond donors (Lipinski definition) is 0. The molecule has 1 aliphatic rings. The van der Waals surface area contributed by atoms with Gasteiger partial charge in [0.05, 0.1) is 12.8 Å². The highest BCUT2D eigenvalue weighted by Gasteiger charge is 2.33. The van der Waals surface area contributed by atoms with Crippen LogP contribution >= 0.6 is 0 Å². The average Bonchev–Trinajstić information content (AvgIpc) is 2.69. The fraction of sp³-hybridized carbons (Fsp3) is 0.318. The highest BCUT2D eigenvalue weighted by Crippen LogP contribution is 2.28. The van der Waals surface area contributed by atoms with E-state index >= 15 is 0 Å². The van der Waals surface area contributed by atoms with Gasteiger partial charge in [-0.25, -0.2) is 4.79 Å². The zero-order chi connectivity index (χ0) is 18.4. The van der Waals surface area contributed by atoms with Gasteiger partial charge in [-0.05, 0) is 18.8 Å². The fourth-order valence-corrected chi connectivity index (χ4v) is 3.45. The van der Waals surface area contributed by atoms with E-state index in [4.69, 9.17) is 9.73 Å². The van der Waals surface area contributed by atoms with Crippen molar-refractivity contribution in [3.63, 3.8) is 0 Å². The summed E-state index contributed by atoms with van der Waals surface area (Å²) in [6.07, 6.45) is 2.60. The number of esters is 1. The molecule has 2 aromatic rings. The van der Waals surface area contributed by atoms with Crippen LogP contribution in [0.1, 0.15) is 36.8 Å². The SMILES string of the molecule is COC(=O)[C@@H](N=C(c1ccccc1)c1ccccc1)[C@H]1CCCC(=O)C1. The molecule has 0 spiro atoms. The molecule has 2 atom stereocenters. The van der Waals surface area contributed by atoms with E-state index < -0.39 is 6.04 Å². The Balaban J connectivity index is 2.05. The first-order chi connectivity index (χ1) is 12.7. The second-order valence-corrected chi connectivity index (χ2v) is 6.57. The summed E-state index contributed by atoms with van der Waals surface area (Å²) < 4.78 is 5.02. The van der Waals surface area contributed by atoms with Gasteiger partial charge in [-0.15, -0.1) is 0 Å². The molecule has 1 saturated carbocycles. The summed E-state index contributed by atoms with van der Waals surface area (Å²) in [5, 5.41) is 0. The lowest BCUT2D eigenvalue weighted by Crippen LogP contribution is -2.34. The van der Waals surface area contributed by atoms with E-state index in [2.05, 4.69) is 0 Å². The third-order valence-electron chi connectivity index (χ3n) is 4.77. The van der Waals surface area contributed by atoms with Gasteiger partial charge in [0.25, 0.3) is 0 Å². The molecule has 0 saturated heterocycles. The minimum Gasteiger partial charge on any atom is -0.467 e. The molecule has 0 bridgehead atoms. The van der Waals surface area contributed by atoms with E-state index in [0.29, 0.717) is 12.8 Å². The summed E-state index contributed by atoms with van der Waals surface area (Å²) in [4.78, 5) is 29.2. The Labute approximate surface area is 153 Å². The third kappa shape index (κ3) is 4.26. The molecule has 2 aromatic carbocycles. The van der Waals surface area contributed by atoms with Crippen LogP contribution in [0.15, 0.2) is 65.7 Å². The summed E-state index contributed by atoms with van der Waals surface area (Å²) >= 11 is 0. The standard InChI is InChI=1S/C22H23NO3/c1-26-22(25)21(18-13-8-14-19(24)15-18)23-20(16-9-4-2-5-10-16)17-11-6-3-7-12-17/h2-7,9-12,18,21H,8,13-15H2,1H3/t18-,21-/m0/s1. The van der Waals surface area contributed by atoms with E-state index in [-0.39, 0.29) is 17.7 Å². The lowest BCUT2D eigenvalue weighted by atomic mass is 9.83. The second kappa shape index (κ2) is 8.56. The highest BCUT2D eigenvalue weighted by molar-refractivity contribution is 6.13. The van der Waals surface area contributed by atoms with Crippen LogP contribution in [0.5, 0.6) is 0 Å². The van der Waals surface area contributed by atoms with Crippen LogP contribution in [-0.4, -0.2) is 30.6 Å². The topological polar surface area (TPSA) is 55.7 Å². The first-order valence-electron chi connectivity index (χ1n) is 8.97. The zero-order valence-corrected chi connectivity index (χ0v) is 14.9. The van der Waals surface area contributed by atoms with Gasteiger partial charge in [0.2, 0.25) is 0 Å². The Morgan fingerprint density at radius 1 is 1.04 bits per heavy atom. The molecule has 0 unspecified atom stereocenters. The molecule has 0 radical (unpaired) electrons. The van der Waals surface area contributed by atoms with Crippen molar-refractivity contribution in [1.29, 1.82) is 0 Å². The number of benzene rings is 2. The maximum absolute atomic E-state index is 12.5. The van der Waals surface area contributed by atoms with Crippen LogP contribution in [0.3, 0.4) is 0 Å². The van der Waals surface area contributed by atoms with Crippen molar-refractivity contribution < 1.29 is 14.3 Å². The Morgan fingerprint density at radius 3 is 2.12 bits per heavy atom. The number of carbonyl (C=O) groups excluding carboxylic acids is 2. The van der Waals surface area contributed by atoms with Crippen molar-refractivity contribution >= 4 is 17.5 Å². The van der Waals surface area contributed by atoms with Crippen LogP contribution in [0.2, 0.25) is 0 Å². The zero-order valence-electron chi connectivity index (χ0n) is 14.9. The maximum atomic E-state index is 12.5. The Bertz CT molecular complexity index is 742. The summed E-state index contributed by atoms with van der Waals surface area (Å²) in [6.45, 7) is 0. The van der Waals surface area contributed by atoms with E-state index in [0.717, 1.165) is 29.7 Å². The molecule has 1 aliphatic carbocycles. The molecular weight excluding hydrogens is 326 g/mol. The van der Waals surface area contributed by atoms with Gasteiger partial charge in [-0.3, -0.25) is 9.79 Å². The van der Waals surface area contributed by atoms with Gasteiger partial charge in [0.1, 0.15) is 5.78 Å². The van der Waals surface area contributed by atoms with Crippen LogP contribution in [0, 0.1) is 5.92 Å². The molecule has 0 aromatic heterocycles. The van der Waals surface area contributed by atoms with Gasteiger partial charge in [0.15, 0.2) is 6.04 Å². The normalized spacial score (nSPS) is 18.0. The summed E-state index contributed by atoms with van der Waals surface area (Å²) in [5.74, 6) is -0.286. The van der Waals surface area contributed by atoms with Gasteiger partial charge >= 0.3 is 5.97 Å². The van der Waals surface area contributed by atoms with Crippen LogP contribution in [0.25, 0.3) is 0 Å². The quantitative estimate of drug-likeness (QED) is 0.609. The molecule has 1 fully saturated rings. The molecule has 134 valence electrons. The van der Waals surface area contributed by atoms with Crippen LogP contribution in [0.4, 0.5) is 0 Å². The number of nitrogens with zero attached hydrogens (tertiary/aromatic N) is 1. The largest absolute Gasteiger partial charge is 0.467 e. The van der Waals surface area contributed by atoms with Crippen molar-refractivity contribution in [1.82, 2.24) is 0 Å². The molecule has 0 amide bonds. The fourth-order valence-electron chi connectivity index (χ4n) is 3.45. The molecule has 4 nitrogen and oxygen atoms in total. The van der Waals surface area contributed by atoms with Gasteiger partial charge in [-0.1, -0.05) is 60.7 Å². The Morgan fingerprint density at radius 2 is 1.62 bits per heavy atom. The predicted octanol–water partition coefficient (Wildman–Crippen LogP) is 3.82. The van der Waals surface area contributed by atoms with Gasteiger partial charge < -0.3 is 4.74 Å². The van der Waals surface area contributed by atoms with E-state index in [1.807, 2.05) is 60.7 Å². The number of hydrogen-bond acceptors (Lipinski definition) is 4. The number of Topliss-reactive ketones (excluding diaryl/α,β-unsaturated/α-hetero) is 1. The second-order valence-electron chi connectivity index (χ2n) is 6.57. The highest BCUT2D eigenvalue weighted by atomic mass is 16.5. The van der Waals surface area contributed by atoms with E-state index in [9.17, 15) is 9.59 Å². The van der Waals surface area contributed by atoms with Crippen molar-refractivity contribution in [2.45, 2.75) is 31.7 Å². The van der Waals surface area contributed by atoms with Crippen molar-refractivity contribution in [2.24, 2.45) is 10.9 Å². The maximum Gasteiger partial charge on any atom is 0.330 e. The molecule has 0 heterocycles. The number of methoxy groups -OCH3 is 1. The van der Waals surface area contributed by atoms with Crippen molar-refractivity contribution in [3.05, 3.63) is 71.8 Å². The molecule has 26 heavy (non-hydrogen) atoms. The lowest BCUT2D eigenvalue weighted by molar-refractivity contribution is -0.144. The van der Waals surface area contributed by atoms with Gasteiger partial charge in [-0.2, -0.15) is 0 Å². The van der Waals surface area contributed by atoms with Gasteiger partial charge in [0, 0.05) is 24.0 Å². The lowest BCUT2D eigenvalue weighted by Gasteiger charge is -2.26. The molecule has 4 heteroatoms. The monoisotopic (exact) mass is 349 g/mol. The first kappa shape index (κ1) is 18.1. The Hall–Kier alpha value is -2.75. The molecule has 3 rings (SSSR count). The van der Waals surface area contributed by atoms with Crippen molar-refractivity contribution in [3.8, 4) is 0 Å². The average molecular weight is 349 g/mol. The summed E-state index contributed by atoms with van der Waals surface area (Å²) in [5.41, 5.74) is 2.63. The smallest absolute Gasteiger partial charge is 0.330 e. The number of rotatable bonds is 5. The first-order valence-corrected chi connectivity index (χ1v) is 8.97. The molecule has 0 N–H and O–H groups in total. The summed E-state index contributed by atoms with van der Waals surface area (Å²) in [7, 11) is 1.38. The van der Waals surface area contributed by atoms with E-state index in [1.165, 1.54) is 7.11 Å². The number of ketones is 1. The van der Waals surface area contributed by atoms with Crippen molar-refractivity contribution in [2.75, 3.05) is 7.11 Å². The number of ether oxygens (including phenoxy) is 1. The minimum absolute atomic E-state index is 0.105.